The van der Waals surface area contributed by atoms with Gasteiger partial charge in [0.25, 0.3) is 0 Å². The monoisotopic (exact) mass is 249 g/mol. The van der Waals surface area contributed by atoms with Crippen LogP contribution in [0.5, 0.6) is 0 Å². The molecule has 2 N–H and O–H groups in total. The molecule has 0 saturated carbocycles. The Bertz CT molecular complexity index is 374. The van der Waals surface area contributed by atoms with Gasteiger partial charge in [-0.15, -0.1) is 0 Å². The number of aromatic nitrogens is 1. The van der Waals surface area contributed by atoms with Crippen molar-refractivity contribution in [2.45, 2.75) is 58.5 Å². The third-order valence-corrected chi connectivity index (χ3v) is 3.96. The number of hydrogen-bond acceptors (Lipinski definition) is 3. The summed E-state index contributed by atoms with van der Waals surface area (Å²) in [6.45, 7) is 8.81. The maximum atomic E-state index is 6.07. The quantitative estimate of drug-likeness (QED) is 0.842. The van der Waals surface area contributed by atoms with Gasteiger partial charge in [-0.1, -0.05) is 19.9 Å². The molecular formula is C15H27N3. The first-order chi connectivity index (χ1) is 8.42. The van der Waals surface area contributed by atoms with Gasteiger partial charge in [-0.05, 0) is 44.7 Å². The van der Waals surface area contributed by atoms with Gasteiger partial charge in [0, 0.05) is 24.8 Å². The number of hydrogen-bond donors (Lipinski definition) is 1. The molecule has 3 heteroatoms. The van der Waals surface area contributed by atoms with Crippen LogP contribution in [0.1, 0.15) is 46.1 Å². The average Bonchev–Trinajstić information content (AvgIpc) is 2.38. The van der Waals surface area contributed by atoms with Crippen LogP contribution in [0, 0.1) is 0 Å². The minimum atomic E-state index is 0.111. The number of nitrogens with zero attached hydrogens (tertiary/aromatic N) is 2. The van der Waals surface area contributed by atoms with Crippen LogP contribution < -0.4 is 10.6 Å². The Balaban J connectivity index is 3.01. The van der Waals surface area contributed by atoms with E-state index in [0.29, 0.717) is 0 Å². The average molecular weight is 249 g/mol. The van der Waals surface area contributed by atoms with Gasteiger partial charge in [0.2, 0.25) is 0 Å². The highest BCUT2D eigenvalue weighted by molar-refractivity contribution is 5.48. The van der Waals surface area contributed by atoms with E-state index in [1.165, 1.54) is 5.56 Å². The highest BCUT2D eigenvalue weighted by Crippen LogP contribution is 2.26. The molecule has 1 aromatic rings. The number of rotatable bonds is 6. The van der Waals surface area contributed by atoms with E-state index in [0.717, 1.165) is 25.1 Å². The maximum absolute atomic E-state index is 6.07. The molecular weight excluding hydrogens is 222 g/mol. The predicted molar refractivity (Wildman–Crippen MR) is 79.0 cm³/mol. The molecule has 0 fully saturated rings. The molecule has 0 amide bonds. The highest BCUT2D eigenvalue weighted by Gasteiger charge is 2.24. The van der Waals surface area contributed by atoms with Crippen LogP contribution in [0.25, 0.3) is 0 Å². The fourth-order valence-electron chi connectivity index (χ4n) is 1.84. The van der Waals surface area contributed by atoms with Crippen molar-refractivity contribution in [3.8, 4) is 0 Å². The summed E-state index contributed by atoms with van der Waals surface area (Å²) in [4.78, 5) is 6.82. The topological polar surface area (TPSA) is 42.1 Å². The molecule has 0 aliphatic rings. The first-order valence-corrected chi connectivity index (χ1v) is 6.85. The minimum Gasteiger partial charge on any atom is -0.354 e. The van der Waals surface area contributed by atoms with Gasteiger partial charge in [-0.2, -0.15) is 0 Å². The number of pyridine rings is 1. The summed E-state index contributed by atoms with van der Waals surface area (Å²) in [5.74, 6) is 1.06. The molecule has 0 saturated heterocycles. The molecule has 0 aliphatic heterocycles. The lowest BCUT2D eigenvalue weighted by molar-refractivity contribution is 0.465. The Labute approximate surface area is 111 Å². The van der Waals surface area contributed by atoms with E-state index < -0.39 is 0 Å². The van der Waals surface area contributed by atoms with E-state index in [1.807, 2.05) is 12.3 Å². The molecule has 0 aromatic carbocycles. The van der Waals surface area contributed by atoms with Crippen molar-refractivity contribution in [2.24, 2.45) is 5.73 Å². The normalized spacial score (nSPS) is 13.4. The zero-order chi connectivity index (χ0) is 13.8. The Morgan fingerprint density at radius 1 is 1.39 bits per heavy atom. The summed E-state index contributed by atoms with van der Waals surface area (Å²) >= 11 is 0. The van der Waals surface area contributed by atoms with E-state index in [-0.39, 0.29) is 11.6 Å². The van der Waals surface area contributed by atoms with Crippen molar-refractivity contribution in [3.05, 3.63) is 23.9 Å². The minimum absolute atomic E-state index is 0.111. The zero-order valence-corrected chi connectivity index (χ0v) is 12.4. The smallest absolute Gasteiger partial charge is 0.131 e. The molecule has 1 unspecified atom stereocenters. The van der Waals surface area contributed by atoms with Gasteiger partial charge in [-0.3, -0.25) is 0 Å². The van der Waals surface area contributed by atoms with Crippen LogP contribution in [0.2, 0.25) is 0 Å². The molecule has 0 bridgehead atoms. The third-order valence-electron chi connectivity index (χ3n) is 3.96. The largest absolute Gasteiger partial charge is 0.354 e. The van der Waals surface area contributed by atoms with E-state index in [9.17, 15) is 0 Å². The van der Waals surface area contributed by atoms with Crippen molar-refractivity contribution in [2.75, 3.05) is 11.9 Å². The summed E-state index contributed by atoms with van der Waals surface area (Å²) in [7, 11) is 2.12. The Morgan fingerprint density at radius 3 is 2.61 bits per heavy atom. The first kappa shape index (κ1) is 15.0. The van der Waals surface area contributed by atoms with Crippen molar-refractivity contribution in [1.29, 1.82) is 0 Å². The van der Waals surface area contributed by atoms with Gasteiger partial charge in [0.1, 0.15) is 5.82 Å². The zero-order valence-electron chi connectivity index (χ0n) is 12.4. The van der Waals surface area contributed by atoms with Crippen molar-refractivity contribution in [1.82, 2.24) is 4.98 Å². The fourth-order valence-corrected chi connectivity index (χ4v) is 1.84. The molecule has 0 spiro atoms. The van der Waals surface area contributed by atoms with Gasteiger partial charge < -0.3 is 10.6 Å². The van der Waals surface area contributed by atoms with Crippen LogP contribution in [0.4, 0.5) is 5.82 Å². The maximum Gasteiger partial charge on any atom is 0.131 e. The first-order valence-electron chi connectivity index (χ1n) is 6.85. The van der Waals surface area contributed by atoms with Crippen LogP contribution >= 0.6 is 0 Å². The van der Waals surface area contributed by atoms with E-state index in [2.05, 4.69) is 50.7 Å². The summed E-state index contributed by atoms with van der Waals surface area (Å²) in [5, 5.41) is 0. The lowest BCUT2D eigenvalue weighted by atomic mass is 9.98. The molecule has 1 heterocycles. The molecule has 1 atom stereocenters. The molecule has 1 aromatic heterocycles. The summed E-state index contributed by atoms with van der Waals surface area (Å²) in [6, 6.07) is 4.35. The van der Waals surface area contributed by atoms with Crippen LogP contribution in [0.3, 0.4) is 0 Å². The standard InChI is InChI=1S/C15H27N3/c1-6-13(16)11-12-9-8-10-17-14(12)18(5)15(3,4)7-2/h8-10,13H,6-7,11,16H2,1-5H3. The van der Waals surface area contributed by atoms with Crippen LogP contribution in [-0.2, 0) is 6.42 Å². The molecule has 1 rings (SSSR count). The van der Waals surface area contributed by atoms with Gasteiger partial charge in [0.05, 0.1) is 0 Å². The summed E-state index contributed by atoms with van der Waals surface area (Å²) in [5.41, 5.74) is 7.43. The van der Waals surface area contributed by atoms with E-state index in [1.54, 1.807) is 0 Å². The Morgan fingerprint density at radius 2 is 2.06 bits per heavy atom. The molecule has 0 aliphatic carbocycles. The molecule has 3 nitrogen and oxygen atoms in total. The second-order valence-corrected chi connectivity index (χ2v) is 5.58. The van der Waals surface area contributed by atoms with Crippen LogP contribution in [-0.4, -0.2) is 23.6 Å². The predicted octanol–water partition coefficient (Wildman–Crippen LogP) is 2.99. The Hall–Kier alpha value is -1.09. The van der Waals surface area contributed by atoms with Gasteiger partial charge in [0.15, 0.2) is 0 Å². The van der Waals surface area contributed by atoms with Crippen molar-refractivity contribution in [3.63, 3.8) is 0 Å². The summed E-state index contributed by atoms with van der Waals surface area (Å²) in [6.07, 6.45) is 4.83. The Kier molecular flexibility index (Phi) is 5.15. The fraction of sp³-hybridized carbons (Fsp3) is 0.667. The SMILES string of the molecule is CCC(N)Cc1cccnc1N(C)C(C)(C)CC. The molecule has 0 radical (unpaired) electrons. The van der Waals surface area contributed by atoms with Gasteiger partial charge in [-0.25, -0.2) is 4.98 Å². The third kappa shape index (κ3) is 3.45. The number of nitrogens with two attached hydrogens (primary N) is 1. The lowest BCUT2D eigenvalue weighted by Crippen LogP contribution is -2.41. The van der Waals surface area contributed by atoms with E-state index in [4.69, 9.17) is 5.73 Å². The number of anilines is 1. The van der Waals surface area contributed by atoms with Crippen molar-refractivity contribution >= 4 is 5.82 Å². The highest BCUT2D eigenvalue weighted by atomic mass is 15.2. The lowest BCUT2D eigenvalue weighted by Gasteiger charge is -2.37. The molecule has 18 heavy (non-hydrogen) atoms. The molecule has 102 valence electrons. The van der Waals surface area contributed by atoms with Crippen molar-refractivity contribution < 1.29 is 0 Å². The van der Waals surface area contributed by atoms with Gasteiger partial charge >= 0.3 is 0 Å². The second kappa shape index (κ2) is 6.19. The summed E-state index contributed by atoms with van der Waals surface area (Å²) < 4.78 is 0. The van der Waals surface area contributed by atoms with E-state index >= 15 is 0 Å². The van der Waals surface area contributed by atoms with Crippen LogP contribution in [0.15, 0.2) is 18.3 Å². The second-order valence-electron chi connectivity index (χ2n) is 5.58.